The van der Waals surface area contributed by atoms with Crippen molar-refractivity contribution in [3.63, 3.8) is 0 Å². The topological polar surface area (TPSA) is 62.5 Å². The molecule has 0 amide bonds. The third-order valence-corrected chi connectivity index (χ3v) is 4.26. The molecule has 24 heavy (non-hydrogen) atoms. The molecule has 0 aliphatic rings. The summed E-state index contributed by atoms with van der Waals surface area (Å²) in [5.41, 5.74) is 1.26. The number of pyridine rings is 1. The number of hydrogen-bond acceptors (Lipinski definition) is 3. The van der Waals surface area contributed by atoms with Crippen LogP contribution in [0.15, 0.2) is 53.3 Å². The van der Waals surface area contributed by atoms with Gasteiger partial charge in [0.1, 0.15) is 6.04 Å². The number of para-hydroxylation sites is 2. The number of carbonyl (C=O) groups is 1. The van der Waals surface area contributed by atoms with E-state index in [4.69, 9.17) is 0 Å². The van der Waals surface area contributed by atoms with Gasteiger partial charge in [0.05, 0.1) is 11.0 Å². The molecule has 0 radical (unpaired) electrons. The van der Waals surface area contributed by atoms with Crippen molar-refractivity contribution in [3.05, 3.63) is 58.8 Å². The number of carboxylic acids is 1. The van der Waals surface area contributed by atoms with Gasteiger partial charge in [-0.25, -0.2) is 4.79 Å². The summed E-state index contributed by atoms with van der Waals surface area (Å²) in [4.78, 5) is 26.7. The molecule has 3 aromatic rings. The van der Waals surface area contributed by atoms with Crippen molar-refractivity contribution in [2.45, 2.75) is 12.5 Å². The van der Waals surface area contributed by atoms with Gasteiger partial charge in [0.15, 0.2) is 5.43 Å². The smallest absolute Gasteiger partial charge is 0.326 e. The minimum atomic E-state index is -0.893. The van der Waals surface area contributed by atoms with E-state index in [0.717, 1.165) is 0 Å². The summed E-state index contributed by atoms with van der Waals surface area (Å²) in [6.07, 6.45) is 0.458. The number of aliphatic carboxylic acids is 1. The van der Waals surface area contributed by atoms with Crippen molar-refractivity contribution in [3.8, 4) is 0 Å². The Kier molecular flexibility index (Phi) is 4.36. The second-order valence-corrected chi connectivity index (χ2v) is 6.18. The van der Waals surface area contributed by atoms with Crippen LogP contribution in [-0.4, -0.2) is 41.2 Å². The molecule has 1 heterocycles. The summed E-state index contributed by atoms with van der Waals surface area (Å²) in [5.74, 6) is -0.893. The Morgan fingerprint density at radius 3 is 2.00 bits per heavy atom. The maximum absolute atomic E-state index is 12.7. The Bertz CT molecular complexity index is 900. The van der Waals surface area contributed by atoms with E-state index in [1.54, 1.807) is 28.8 Å². The van der Waals surface area contributed by atoms with Crippen LogP contribution in [0.1, 0.15) is 12.5 Å². The molecule has 0 spiro atoms. The number of nitrogens with zero attached hydrogens (tertiary/aromatic N) is 2. The lowest BCUT2D eigenvalue weighted by atomic mass is 10.1. The van der Waals surface area contributed by atoms with Crippen molar-refractivity contribution < 1.29 is 9.90 Å². The van der Waals surface area contributed by atoms with Gasteiger partial charge in [-0.2, -0.15) is 0 Å². The van der Waals surface area contributed by atoms with Crippen LogP contribution in [0, 0.1) is 0 Å². The van der Waals surface area contributed by atoms with Gasteiger partial charge in [-0.15, -0.1) is 0 Å². The minimum Gasteiger partial charge on any atom is -0.480 e. The highest BCUT2D eigenvalue weighted by atomic mass is 16.4. The van der Waals surface area contributed by atoms with Gasteiger partial charge >= 0.3 is 5.97 Å². The molecule has 1 unspecified atom stereocenters. The van der Waals surface area contributed by atoms with Crippen LogP contribution in [0.3, 0.4) is 0 Å². The first-order valence-corrected chi connectivity index (χ1v) is 7.90. The molecule has 0 bridgehead atoms. The van der Waals surface area contributed by atoms with E-state index < -0.39 is 12.0 Å². The van der Waals surface area contributed by atoms with E-state index in [9.17, 15) is 14.7 Å². The Hall–Kier alpha value is -2.66. The molecule has 0 aliphatic carbocycles. The molecule has 2 aromatic carbocycles. The fourth-order valence-electron chi connectivity index (χ4n) is 3.11. The maximum Gasteiger partial charge on any atom is 0.326 e. The van der Waals surface area contributed by atoms with Crippen LogP contribution in [0.2, 0.25) is 0 Å². The lowest BCUT2D eigenvalue weighted by molar-refractivity contribution is -0.141. The summed E-state index contributed by atoms with van der Waals surface area (Å²) in [7, 11) is 3.83. The fourth-order valence-corrected chi connectivity index (χ4v) is 3.11. The Morgan fingerprint density at radius 2 is 1.54 bits per heavy atom. The zero-order valence-electron chi connectivity index (χ0n) is 13.8. The van der Waals surface area contributed by atoms with Crippen molar-refractivity contribution in [1.82, 2.24) is 9.47 Å². The molecule has 5 nitrogen and oxygen atoms in total. The average Bonchev–Trinajstić information content (AvgIpc) is 2.57. The molecule has 3 rings (SSSR count). The summed E-state index contributed by atoms with van der Waals surface area (Å²) >= 11 is 0. The lowest BCUT2D eigenvalue weighted by Crippen LogP contribution is -2.26. The monoisotopic (exact) mass is 324 g/mol. The fraction of sp³-hybridized carbons (Fsp3) is 0.263. The summed E-state index contributed by atoms with van der Waals surface area (Å²) in [6, 6.07) is 13.7. The molecule has 0 saturated carbocycles. The minimum absolute atomic E-state index is 0.0609. The van der Waals surface area contributed by atoms with Crippen LogP contribution in [0.4, 0.5) is 0 Å². The molecule has 124 valence electrons. The number of rotatable bonds is 5. The molecular formula is C19H20N2O3. The van der Waals surface area contributed by atoms with Crippen LogP contribution >= 0.6 is 0 Å². The molecule has 1 aromatic heterocycles. The van der Waals surface area contributed by atoms with Gasteiger partial charge in [0.2, 0.25) is 0 Å². The van der Waals surface area contributed by atoms with Crippen LogP contribution in [-0.2, 0) is 4.79 Å². The van der Waals surface area contributed by atoms with Gasteiger partial charge in [0.25, 0.3) is 0 Å². The lowest BCUT2D eigenvalue weighted by Gasteiger charge is -2.23. The molecule has 0 fully saturated rings. The van der Waals surface area contributed by atoms with Gasteiger partial charge in [0, 0.05) is 17.3 Å². The van der Waals surface area contributed by atoms with Gasteiger partial charge in [-0.3, -0.25) is 4.79 Å². The van der Waals surface area contributed by atoms with E-state index >= 15 is 0 Å². The second-order valence-electron chi connectivity index (χ2n) is 6.18. The first kappa shape index (κ1) is 16.2. The molecular weight excluding hydrogens is 304 g/mol. The predicted molar refractivity (Wildman–Crippen MR) is 95.6 cm³/mol. The van der Waals surface area contributed by atoms with Crippen molar-refractivity contribution in [2.75, 3.05) is 20.6 Å². The third kappa shape index (κ3) is 2.78. The van der Waals surface area contributed by atoms with E-state index in [1.807, 2.05) is 43.3 Å². The predicted octanol–water partition coefficient (Wildman–Crippen LogP) is 2.73. The Labute approximate surface area is 139 Å². The van der Waals surface area contributed by atoms with Crippen molar-refractivity contribution >= 4 is 27.8 Å². The number of carboxylic acid groups (broad SMARTS) is 1. The normalized spacial score (nSPS) is 12.8. The second kappa shape index (κ2) is 6.45. The zero-order valence-corrected chi connectivity index (χ0v) is 13.8. The van der Waals surface area contributed by atoms with Crippen molar-refractivity contribution in [1.29, 1.82) is 0 Å². The number of aromatic nitrogens is 1. The van der Waals surface area contributed by atoms with E-state index in [1.165, 1.54) is 0 Å². The first-order chi connectivity index (χ1) is 11.5. The average molecular weight is 324 g/mol. The quantitative estimate of drug-likeness (QED) is 0.733. The highest BCUT2D eigenvalue weighted by Gasteiger charge is 2.23. The first-order valence-electron chi connectivity index (χ1n) is 7.90. The Balaban J connectivity index is 2.36. The van der Waals surface area contributed by atoms with Crippen LogP contribution in [0.25, 0.3) is 21.8 Å². The third-order valence-electron chi connectivity index (χ3n) is 4.26. The zero-order chi connectivity index (χ0) is 17.3. The number of hydrogen-bond donors (Lipinski definition) is 1. The van der Waals surface area contributed by atoms with E-state index in [0.29, 0.717) is 34.8 Å². The SMILES string of the molecule is CN(C)CCC(C(=O)O)n1c2ccccc2c(=O)c2ccccc21. The molecule has 0 saturated heterocycles. The molecule has 5 heteroatoms. The summed E-state index contributed by atoms with van der Waals surface area (Å²) in [6.45, 7) is 0.645. The number of benzene rings is 2. The van der Waals surface area contributed by atoms with Gasteiger partial charge in [-0.05, 0) is 44.8 Å². The molecule has 1 atom stereocenters. The van der Waals surface area contributed by atoms with Gasteiger partial charge < -0.3 is 14.6 Å². The number of fused-ring (bicyclic) bond motifs is 2. The van der Waals surface area contributed by atoms with Gasteiger partial charge in [-0.1, -0.05) is 24.3 Å². The van der Waals surface area contributed by atoms with Crippen molar-refractivity contribution in [2.24, 2.45) is 0 Å². The van der Waals surface area contributed by atoms with Crippen LogP contribution < -0.4 is 5.43 Å². The van der Waals surface area contributed by atoms with E-state index in [2.05, 4.69) is 0 Å². The maximum atomic E-state index is 12.7. The summed E-state index contributed by atoms with van der Waals surface area (Å²) < 4.78 is 1.79. The molecule has 0 aliphatic heterocycles. The Morgan fingerprint density at radius 1 is 1.04 bits per heavy atom. The highest BCUT2D eigenvalue weighted by Crippen LogP contribution is 2.25. The molecule has 1 N–H and O–H groups in total. The summed E-state index contributed by atoms with van der Waals surface area (Å²) in [5, 5.41) is 10.9. The standard InChI is InChI=1S/C19H20N2O3/c1-20(2)12-11-17(19(23)24)21-15-9-5-3-7-13(15)18(22)14-8-4-6-10-16(14)21/h3-10,17H,11-12H2,1-2H3,(H,23,24). The largest absolute Gasteiger partial charge is 0.480 e. The van der Waals surface area contributed by atoms with Crippen LogP contribution in [0.5, 0.6) is 0 Å². The van der Waals surface area contributed by atoms with E-state index in [-0.39, 0.29) is 5.43 Å². The highest BCUT2D eigenvalue weighted by molar-refractivity contribution is 5.95.